The van der Waals surface area contributed by atoms with Crippen LogP contribution in [0.4, 0.5) is 0 Å². The first-order valence-electron chi connectivity index (χ1n) is 14.1. The number of fused-ring (bicyclic) bond motifs is 2. The van der Waals surface area contributed by atoms with Crippen molar-refractivity contribution in [3.63, 3.8) is 0 Å². The molecule has 0 unspecified atom stereocenters. The highest BCUT2D eigenvalue weighted by atomic mass is 16.5. The predicted molar refractivity (Wildman–Crippen MR) is 173 cm³/mol. The Morgan fingerprint density at radius 3 is 2.50 bits per heavy atom. The second-order valence-electron chi connectivity index (χ2n) is 10.3. The Balaban J connectivity index is 1.43. The lowest BCUT2D eigenvalue weighted by atomic mass is 10.1. The average Bonchev–Trinajstić information content (AvgIpc) is 3.49. The summed E-state index contributed by atoms with van der Waals surface area (Å²) in [5.74, 6) is 2.48. The van der Waals surface area contributed by atoms with E-state index in [1.807, 2.05) is 54.6 Å². The Labute approximate surface area is 254 Å². The number of nitrogens with zero attached hydrogens (tertiary/aromatic N) is 3. The number of aromatic nitrogens is 2. The maximum Gasteiger partial charge on any atom is 0.282 e. The van der Waals surface area contributed by atoms with E-state index in [2.05, 4.69) is 30.7 Å². The molecule has 0 N–H and O–H groups in total. The van der Waals surface area contributed by atoms with E-state index < -0.39 is 0 Å². The van der Waals surface area contributed by atoms with Crippen molar-refractivity contribution in [1.82, 2.24) is 9.66 Å². The Morgan fingerprint density at radius 2 is 1.73 bits per heavy atom. The molecule has 6 rings (SSSR count). The molecule has 8 nitrogen and oxygen atoms in total. The lowest BCUT2D eigenvalue weighted by Crippen LogP contribution is -2.20. The van der Waals surface area contributed by atoms with Crippen LogP contribution in [0.1, 0.15) is 22.3 Å². The van der Waals surface area contributed by atoms with Crippen molar-refractivity contribution in [3.05, 3.63) is 130 Å². The van der Waals surface area contributed by atoms with Gasteiger partial charge in [0.25, 0.3) is 5.56 Å². The summed E-state index contributed by atoms with van der Waals surface area (Å²) in [6.45, 7) is 6.35. The third kappa shape index (κ3) is 5.57. The minimum Gasteiger partial charge on any atom is -0.496 e. The molecule has 0 aliphatic rings. The number of para-hydroxylation sites is 1. The van der Waals surface area contributed by atoms with E-state index in [4.69, 9.17) is 23.6 Å². The SMILES string of the molecule is C=CCc1cc(C=Nn2c(-c3cc4c(OC)cccc4o3)nc3ccccc3c2=O)cc(OC)c1OCc1ccc(C)cc1. The summed E-state index contributed by atoms with van der Waals surface area (Å²) < 4.78 is 24.9. The van der Waals surface area contributed by atoms with Crippen LogP contribution in [0.25, 0.3) is 33.5 Å². The fraction of sp³-hybridized carbons (Fsp3) is 0.139. The topological polar surface area (TPSA) is 88.1 Å². The Hall–Kier alpha value is -5.63. The molecule has 44 heavy (non-hydrogen) atoms. The molecule has 4 aromatic carbocycles. The molecule has 0 atom stereocenters. The minimum absolute atomic E-state index is 0.263. The maximum atomic E-state index is 13.8. The summed E-state index contributed by atoms with van der Waals surface area (Å²) in [7, 11) is 3.20. The molecule has 0 aliphatic heterocycles. The van der Waals surface area contributed by atoms with Crippen molar-refractivity contribution in [3.8, 4) is 28.8 Å². The van der Waals surface area contributed by atoms with E-state index in [-0.39, 0.29) is 11.4 Å². The first kappa shape index (κ1) is 28.5. The van der Waals surface area contributed by atoms with Crippen molar-refractivity contribution in [1.29, 1.82) is 0 Å². The van der Waals surface area contributed by atoms with Crippen molar-refractivity contribution in [2.45, 2.75) is 20.0 Å². The largest absolute Gasteiger partial charge is 0.496 e. The monoisotopic (exact) mass is 585 g/mol. The smallest absolute Gasteiger partial charge is 0.282 e. The number of hydrogen-bond acceptors (Lipinski definition) is 7. The molecule has 6 aromatic rings. The van der Waals surface area contributed by atoms with Gasteiger partial charge in [0.05, 0.1) is 36.7 Å². The number of allylic oxidation sites excluding steroid dienone is 1. The van der Waals surface area contributed by atoms with Crippen LogP contribution in [-0.4, -0.2) is 30.1 Å². The van der Waals surface area contributed by atoms with Gasteiger partial charge in [0, 0.05) is 5.56 Å². The van der Waals surface area contributed by atoms with Crippen molar-refractivity contribution in [2.75, 3.05) is 14.2 Å². The van der Waals surface area contributed by atoms with E-state index in [0.717, 1.165) is 16.5 Å². The van der Waals surface area contributed by atoms with Gasteiger partial charge in [0.15, 0.2) is 17.3 Å². The third-order valence-corrected chi connectivity index (χ3v) is 7.28. The molecule has 0 spiro atoms. The molecule has 0 aliphatic carbocycles. The fourth-order valence-corrected chi connectivity index (χ4v) is 5.06. The second kappa shape index (κ2) is 12.3. The van der Waals surface area contributed by atoms with Gasteiger partial charge in [-0.15, -0.1) is 6.58 Å². The van der Waals surface area contributed by atoms with Crippen LogP contribution >= 0.6 is 0 Å². The van der Waals surface area contributed by atoms with Crippen LogP contribution in [0.2, 0.25) is 0 Å². The van der Waals surface area contributed by atoms with Gasteiger partial charge >= 0.3 is 0 Å². The number of methoxy groups -OCH3 is 2. The molecule has 220 valence electrons. The average molecular weight is 586 g/mol. The molecule has 0 radical (unpaired) electrons. The second-order valence-corrected chi connectivity index (χ2v) is 10.3. The van der Waals surface area contributed by atoms with E-state index in [9.17, 15) is 4.79 Å². The molecule has 2 aromatic heterocycles. The summed E-state index contributed by atoms with van der Waals surface area (Å²) in [5.41, 5.74) is 4.64. The molecule has 0 fully saturated rings. The molecular weight excluding hydrogens is 554 g/mol. The highest BCUT2D eigenvalue weighted by molar-refractivity contribution is 5.89. The molecule has 0 saturated carbocycles. The standard InChI is InChI=1S/C36H31N3O5/c1-5-9-26-18-25(19-32(42-4)34(26)43-22-24-16-14-23(2)15-17-24)21-37-39-35(38-29-11-7-6-10-27(29)36(39)40)33-20-28-30(41-3)12-8-13-31(28)44-33/h5-8,10-21H,1,9,22H2,2-4H3. The van der Waals surface area contributed by atoms with Gasteiger partial charge in [0.1, 0.15) is 17.9 Å². The zero-order chi connectivity index (χ0) is 30.6. The van der Waals surface area contributed by atoms with Gasteiger partial charge in [-0.25, -0.2) is 4.98 Å². The van der Waals surface area contributed by atoms with Crippen LogP contribution in [0.3, 0.4) is 0 Å². The van der Waals surface area contributed by atoms with Crippen LogP contribution in [-0.2, 0) is 13.0 Å². The van der Waals surface area contributed by atoms with Crippen LogP contribution in [0, 0.1) is 6.92 Å². The Kier molecular flexibility index (Phi) is 7.97. The first-order chi connectivity index (χ1) is 21.5. The maximum absolute atomic E-state index is 13.8. The molecular formula is C36H31N3O5. The summed E-state index contributed by atoms with van der Waals surface area (Å²) in [6, 6.07) is 26.5. The number of furan rings is 1. The zero-order valence-electron chi connectivity index (χ0n) is 24.7. The summed E-state index contributed by atoms with van der Waals surface area (Å²) >= 11 is 0. The highest BCUT2D eigenvalue weighted by Crippen LogP contribution is 2.35. The number of rotatable bonds is 10. The van der Waals surface area contributed by atoms with Gasteiger partial charge in [-0.1, -0.05) is 54.1 Å². The Morgan fingerprint density at radius 1 is 0.932 bits per heavy atom. The molecule has 0 bridgehead atoms. The first-order valence-corrected chi connectivity index (χ1v) is 14.1. The van der Waals surface area contributed by atoms with Gasteiger partial charge < -0.3 is 18.6 Å². The van der Waals surface area contributed by atoms with Gasteiger partial charge in [-0.05, 0) is 66.9 Å². The van der Waals surface area contributed by atoms with Crippen molar-refractivity contribution < 1.29 is 18.6 Å². The van der Waals surface area contributed by atoms with Gasteiger partial charge in [-0.2, -0.15) is 9.78 Å². The van der Waals surface area contributed by atoms with Crippen molar-refractivity contribution >= 4 is 28.1 Å². The number of benzene rings is 4. The number of hydrogen-bond donors (Lipinski definition) is 0. The van der Waals surface area contributed by atoms with Crippen molar-refractivity contribution in [2.24, 2.45) is 5.10 Å². The highest BCUT2D eigenvalue weighted by Gasteiger charge is 2.18. The van der Waals surface area contributed by atoms with Crippen LogP contribution < -0.4 is 19.8 Å². The molecule has 2 heterocycles. The summed E-state index contributed by atoms with van der Waals surface area (Å²) in [5, 5.41) is 5.83. The molecule has 0 saturated heterocycles. The predicted octanol–water partition coefficient (Wildman–Crippen LogP) is 7.33. The lowest BCUT2D eigenvalue weighted by molar-refractivity contribution is 0.282. The number of ether oxygens (including phenoxy) is 3. The summed E-state index contributed by atoms with van der Waals surface area (Å²) in [6.07, 6.45) is 3.95. The van der Waals surface area contributed by atoms with Gasteiger partial charge in [0.2, 0.25) is 5.82 Å². The summed E-state index contributed by atoms with van der Waals surface area (Å²) in [4.78, 5) is 18.5. The van der Waals surface area contributed by atoms with Crippen LogP contribution in [0.5, 0.6) is 17.2 Å². The molecule has 0 amide bonds. The van der Waals surface area contributed by atoms with Gasteiger partial charge in [-0.3, -0.25) is 4.79 Å². The number of aryl methyl sites for hydroxylation is 1. The van der Waals surface area contributed by atoms with Crippen LogP contribution in [0.15, 0.2) is 112 Å². The zero-order valence-corrected chi connectivity index (χ0v) is 24.7. The van der Waals surface area contributed by atoms with E-state index in [0.29, 0.717) is 58.1 Å². The van der Waals surface area contributed by atoms with E-state index in [1.165, 1.54) is 10.2 Å². The lowest BCUT2D eigenvalue weighted by Gasteiger charge is -2.16. The normalized spacial score (nSPS) is 11.3. The quantitative estimate of drug-likeness (QED) is 0.124. The van der Waals surface area contributed by atoms with E-state index >= 15 is 0 Å². The Bertz CT molecular complexity index is 2070. The molecule has 8 heteroatoms. The van der Waals surface area contributed by atoms with E-state index in [1.54, 1.807) is 44.7 Å². The minimum atomic E-state index is -0.328. The third-order valence-electron chi connectivity index (χ3n) is 7.28. The fourth-order valence-electron chi connectivity index (χ4n) is 5.06.